The van der Waals surface area contributed by atoms with Crippen LogP contribution in [0, 0.1) is 0 Å². The van der Waals surface area contributed by atoms with Crippen LogP contribution in [0.15, 0.2) is 12.3 Å². The minimum atomic E-state index is -0.118. The monoisotopic (exact) mass is 240 g/mol. The van der Waals surface area contributed by atoms with Gasteiger partial charge < -0.3 is 10.5 Å². The van der Waals surface area contributed by atoms with Crippen molar-refractivity contribution in [2.75, 3.05) is 19.7 Å². The molecule has 16 heavy (non-hydrogen) atoms. The first-order valence-corrected chi connectivity index (χ1v) is 5.68. The number of aryl methyl sites for hydroxylation is 1. The summed E-state index contributed by atoms with van der Waals surface area (Å²) in [5.74, 6) is 0. The first kappa shape index (κ1) is 11.5. The molecule has 0 amide bonds. The molecule has 88 valence electrons. The van der Waals surface area contributed by atoms with Crippen LogP contribution in [0.1, 0.15) is 5.69 Å². The van der Waals surface area contributed by atoms with Crippen LogP contribution in [0.2, 0.25) is 0 Å². The highest BCUT2D eigenvalue weighted by molar-refractivity contribution is 7.80. The molecule has 2 heterocycles. The highest BCUT2D eigenvalue weighted by atomic mass is 32.1. The van der Waals surface area contributed by atoms with Crippen molar-refractivity contribution >= 4 is 17.2 Å². The second-order valence-electron chi connectivity index (χ2n) is 3.98. The fourth-order valence-electron chi connectivity index (χ4n) is 1.79. The van der Waals surface area contributed by atoms with Gasteiger partial charge in [0, 0.05) is 32.9 Å². The Hall–Kier alpha value is -0.980. The Morgan fingerprint density at radius 3 is 3.19 bits per heavy atom. The summed E-state index contributed by atoms with van der Waals surface area (Å²) in [5.41, 5.74) is 6.65. The van der Waals surface area contributed by atoms with E-state index in [2.05, 4.69) is 10.00 Å². The molecule has 0 spiro atoms. The zero-order chi connectivity index (χ0) is 11.5. The van der Waals surface area contributed by atoms with Gasteiger partial charge in [0.05, 0.1) is 12.3 Å². The SMILES string of the molecule is Cn1ccc(CN2CCOC(C(N)=S)C2)n1. The average Bonchev–Trinajstić information content (AvgIpc) is 2.64. The predicted molar refractivity (Wildman–Crippen MR) is 65.0 cm³/mol. The maximum Gasteiger partial charge on any atom is 0.120 e. The molecule has 1 fully saturated rings. The number of hydrogen-bond donors (Lipinski definition) is 1. The van der Waals surface area contributed by atoms with E-state index in [1.807, 2.05) is 19.3 Å². The van der Waals surface area contributed by atoms with Crippen molar-refractivity contribution in [2.45, 2.75) is 12.6 Å². The lowest BCUT2D eigenvalue weighted by Crippen LogP contribution is -2.47. The van der Waals surface area contributed by atoms with E-state index in [4.69, 9.17) is 22.7 Å². The highest BCUT2D eigenvalue weighted by Gasteiger charge is 2.22. The molecule has 1 aliphatic heterocycles. The second kappa shape index (κ2) is 4.90. The Balaban J connectivity index is 1.92. The van der Waals surface area contributed by atoms with Crippen molar-refractivity contribution in [3.8, 4) is 0 Å². The maximum atomic E-state index is 5.59. The van der Waals surface area contributed by atoms with Gasteiger partial charge in [-0.15, -0.1) is 0 Å². The second-order valence-corrected chi connectivity index (χ2v) is 4.45. The van der Waals surface area contributed by atoms with Crippen molar-refractivity contribution in [1.29, 1.82) is 0 Å². The molecular weight excluding hydrogens is 224 g/mol. The number of hydrogen-bond acceptors (Lipinski definition) is 4. The molecule has 0 bridgehead atoms. The molecule has 0 aliphatic carbocycles. The van der Waals surface area contributed by atoms with Crippen molar-refractivity contribution < 1.29 is 4.74 Å². The fraction of sp³-hybridized carbons (Fsp3) is 0.600. The summed E-state index contributed by atoms with van der Waals surface area (Å²) >= 11 is 4.94. The highest BCUT2D eigenvalue weighted by Crippen LogP contribution is 2.09. The molecule has 2 N–H and O–H groups in total. The molecule has 6 heteroatoms. The standard InChI is InChI=1S/C10H16N4OS/c1-13-3-2-8(12-13)6-14-4-5-15-9(7-14)10(11)16/h2-3,9H,4-7H2,1H3,(H2,11,16). The van der Waals surface area contributed by atoms with E-state index >= 15 is 0 Å². The van der Waals surface area contributed by atoms with Crippen LogP contribution in [0.4, 0.5) is 0 Å². The number of aromatic nitrogens is 2. The molecule has 1 saturated heterocycles. The summed E-state index contributed by atoms with van der Waals surface area (Å²) in [6.45, 7) is 3.15. The van der Waals surface area contributed by atoms with Crippen LogP contribution >= 0.6 is 12.2 Å². The van der Waals surface area contributed by atoms with Gasteiger partial charge in [-0.05, 0) is 6.07 Å². The quantitative estimate of drug-likeness (QED) is 0.748. The van der Waals surface area contributed by atoms with E-state index in [9.17, 15) is 0 Å². The van der Waals surface area contributed by atoms with Crippen LogP contribution in [0.5, 0.6) is 0 Å². The third-order valence-electron chi connectivity index (χ3n) is 2.62. The average molecular weight is 240 g/mol. The van der Waals surface area contributed by atoms with Crippen LogP contribution < -0.4 is 5.73 Å². The number of nitrogens with two attached hydrogens (primary N) is 1. The van der Waals surface area contributed by atoms with E-state index in [-0.39, 0.29) is 6.10 Å². The van der Waals surface area contributed by atoms with E-state index in [1.54, 1.807) is 4.68 Å². The normalized spacial score (nSPS) is 22.2. The van der Waals surface area contributed by atoms with Crippen LogP contribution in [-0.2, 0) is 18.3 Å². The van der Waals surface area contributed by atoms with Crippen LogP contribution in [0.3, 0.4) is 0 Å². The number of rotatable bonds is 3. The van der Waals surface area contributed by atoms with E-state index in [0.717, 1.165) is 25.3 Å². The van der Waals surface area contributed by atoms with Gasteiger partial charge in [0.15, 0.2) is 0 Å². The molecule has 0 radical (unpaired) electrons. The topological polar surface area (TPSA) is 56.3 Å². The maximum absolute atomic E-state index is 5.59. The zero-order valence-electron chi connectivity index (χ0n) is 9.30. The zero-order valence-corrected chi connectivity index (χ0v) is 10.1. The van der Waals surface area contributed by atoms with Gasteiger partial charge in [-0.25, -0.2) is 0 Å². The van der Waals surface area contributed by atoms with E-state index < -0.39 is 0 Å². The number of nitrogens with zero attached hydrogens (tertiary/aromatic N) is 3. The Labute approximate surface area is 100 Å². The van der Waals surface area contributed by atoms with Gasteiger partial charge in [-0.1, -0.05) is 12.2 Å². The molecule has 1 aromatic heterocycles. The molecule has 1 aliphatic rings. The van der Waals surface area contributed by atoms with Crippen LogP contribution in [0.25, 0.3) is 0 Å². The predicted octanol–water partition coefficient (Wildman–Crippen LogP) is -0.0930. The van der Waals surface area contributed by atoms with Crippen molar-refractivity contribution in [3.63, 3.8) is 0 Å². The van der Waals surface area contributed by atoms with Crippen molar-refractivity contribution in [1.82, 2.24) is 14.7 Å². The molecule has 0 saturated carbocycles. The molecule has 5 nitrogen and oxygen atoms in total. The third-order valence-corrected chi connectivity index (χ3v) is 2.89. The number of thiocarbonyl (C=S) groups is 1. The minimum absolute atomic E-state index is 0.118. The molecular formula is C10H16N4OS. The lowest BCUT2D eigenvalue weighted by Gasteiger charge is -2.31. The third kappa shape index (κ3) is 2.78. The fourth-order valence-corrected chi connectivity index (χ4v) is 1.94. The van der Waals surface area contributed by atoms with Gasteiger partial charge in [0.1, 0.15) is 11.1 Å². The van der Waals surface area contributed by atoms with Gasteiger partial charge in [0.2, 0.25) is 0 Å². The number of morpholine rings is 1. The van der Waals surface area contributed by atoms with Crippen molar-refractivity contribution in [2.24, 2.45) is 12.8 Å². The summed E-state index contributed by atoms with van der Waals surface area (Å²) in [6, 6.07) is 2.02. The Kier molecular flexibility index (Phi) is 3.52. The lowest BCUT2D eigenvalue weighted by atomic mass is 10.2. The Morgan fingerprint density at radius 1 is 1.75 bits per heavy atom. The van der Waals surface area contributed by atoms with Crippen molar-refractivity contribution in [3.05, 3.63) is 18.0 Å². The summed E-state index contributed by atoms with van der Waals surface area (Å²) in [5, 5.41) is 4.34. The molecule has 1 aromatic rings. The van der Waals surface area contributed by atoms with Gasteiger partial charge >= 0.3 is 0 Å². The first-order chi connectivity index (χ1) is 7.65. The summed E-state index contributed by atoms with van der Waals surface area (Å²) in [4.78, 5) is 2.70. The minimum Gasteiger partial charge on any atom is -0.391 e. The van der Waals surface area contributed by atoms with Crippen LogP contribution in [-0.4, -0.2) is 45.5 Å². The first-order valence-electron chi connectivity index (χ1n) is 5.27. The number of ether oxygens (including phenoxy) is 1. The van der Waals surface area contributed by atoms with E-state index in [1.165, 1.54) is 0 Å². The molecule has 2 rings (SSSR count). The van der Waals surface area contributed by atoms with Gasteiger partial charge in [-0.3, -0.25) is 9.58 Å². The Morgan fingerprint density at radius 2 is 2.56 bits per heavy atom. The van der Waals surface area contributed by atoms with E-state index in [0.29, 0.717) is 11.6 Å². The summed E-state index contributed by atoms with van der Waals surface area (Å²) < 4.78 is 7.29. The smallest absolute Gasteiger partial charge is 0.120 e. The van der Waals surface area contributed by atoms with Gasteiger partial charge in [-0.2, -0.15) is 5.10 Å². The lowest BCUT2D eigenvalue weighted by molar-refractivity contribution is 0.00341. The summed E-state index contributed by atoms with van der Waals surface area (Å²) in [6.07, 6.45) is 1.83. The van der Waals surface area contributed by atoms with Gasteiger partial charge in [0.25, 0.3) is 0 Å². The molecule has 0 aromatic carbocycles. The summed E-state index contributed by atoms with van der Waals surface area (Å²) in [7, 11) is 1.92. The largest absolute Gasteiger partial charge is 0.391 e. The Bertz CT molecular complexity index is 379. The molecule has 1 unspecified atom stereocenters. The molecule has 1 atom stereocenters.